The highest BCUT2D eigenvalue weighted by molar-refractivity contribution is 7.89. The normalized spacial score (nSPS) is 12.0. The summed E-state index contributed by atoms with van der Waals surface area (Å²) in [6.07, 6.45) is 3.29. The lowest BCUT2D eigenvalue weighted by molar-refractivity contribution is -0.116. The van der Waals surface area contributed by atoms with Crippen molar-refractivity contribution in [1.82, 2.24) is 9.62 Å². The molecule has 1 N–H and O–H groups in total. The van der Waals surface area contributed by atoms with Crippen LogP contribution in [0, 0.1) is 6.92 Å². The molecule has 2 rings (SSSR count). The van der Waals surface area contributed by atoms with Crippen molar-refractivity contribution in [1.29, 1.82) is 0 Å². The highest BCUT2D eigenvalue weighted by atomic mass is 32.2. The smallest absolute Gasteiger partial charge is 0.244 e. The minimum absolute atomic E-state index is 0.184. The predicted octanol–water partition coefficient (Wildman–Crippen LogP) is 3.42. The minimum Gasteiger partial charge on any atom is -0.348 e. The van der Waals surface area contributed by atoms with Crippen molar-refractivity contribution < 1.29 is 13.2 Å². The maximum Gasteiger partial charge on any atom is 0.244 e. The molecule has 0 aliphatic carbocycles. The second-order valence-electron chi connectivity index (χ2n) is 5.73. The van der Waals surface area contributed by atoms with Gasteiger partial charge >= 0.3 is 0 Å². The number of nitrogens with one attached hydrogen (secondary N) is 1. The van der Waals surface area contributed by atoms with Gasteiger partial charge in [0.25, 0.3) is 0 Å². The van der Waals surface area contributed by atoms with Crippen LogP contribution in [-0.4, -0.2) is 31.7 Å². The van der Waals surface area contributed by atoms with Crippen LogP contribution in [0.1, 0.15) is 29.2 Å². The second-order valence-corrected chi connectivity index (χ2v) is 8.99. The van der Waals surface area contributed by atoms with Crippen LogP contribution in [0.15, 0.2) is 47.4 Å². The van der Waals surface area contributed by atoms with Crippen molar-refractivity contribution in [2.45, 2.75) is 32.2 Å². The molecule has 0 aliphatic heterocycles. The number of hydrogen-bond acceptors (Lipinski definition) is 4. The van der Waals surface area contributed by atoms with Gasteiger partial charge in [-0.25, -0.2) is 8.42 Å². The number of thiophene rings is 1. The zero-order valence-corrected chi connectivity index (χ0v) is 16.9. The summed E-state index contributed by atoms with van der Waals surface area (Å²) in [6.45, 7) is 6.87. The monoisotopic (exact) mass is 392 g/mol. The number of carbonyl (C=O) groups excluding carboxylic acids is 1. The standard InChI is InChI=1S/C19H24N2O3S2/c1-4-21(5-2)26(23,24)18-11-7-16(8-12-18)14-20-19(22)13-10-17-9-6-15(3)25-17/h6-13H,4-5,14H2,1-3H3,(H,20,22). The van der Waals surface area contributed by atoms with Crippen molar-refractivity contribution >= 4 is 33.3 Å². The van der Waals surface area contributed by atoms with Crippen LogP contribution >= 0.6 is 11.3 Å². The van der Waals surface area contributed by atoms with Gasteiger partial charge in [-0.15, -0.1) is 11.3 Å². The fourth-order valence-corrected chi connectivity index (χ4v) is 4.68. The molecule has 0 saturated carbocycles. The minimum atomic E-state index is -3.45. The van der Waals surface area contributed by atoms with E-state index in [9.17, 15) is 13.2 Å². The van der Waals surface area contributed by atoms with E-state index >= 15 is 0 Å². The second kappa shape index (κ2) is 9.12. The highest BCUT2D eigenvalue weighted by Crippen LogP contribution is 2.17. The molecule has 1 amide bonds. The molecule has 1 aromatic carbocycles. The largest absolute Gasteiger partial charge is 0.348 e. The van der Waals surface area contributed by atoms with Gasteiger partial charge in [-0.05, 0) is 42.8 Å². The maximum atomic E-state index is 12.4. The summed E-state index contributed by atoms with van der Waals surface area (Å²) in [6, 6.07) is 10.6. The highest BCUT2D eigenvalue weighted by Gasteiger charge is 2.21. The van der Waals surface area contributed by atoms with Crippen LogP contribution in [0.25, 0.3) is 6.08 Å². The summed E-state index contributed by atoms with van der Waals surface area (Å²) >= 11 is 1.63. The Morgan fingerprint density at radius 1 is 1.12 bits per heavy atom. The van der Waals surface area contributed by atoms with Crippen molar-refractivity contribution in [3.8, 4) is 0 Å². The average molecular weight is 393 g/mol. The lowest BCUT2D eigenvalue weighted by atomic mass is 10.2. The molecule has 0 atom stereocenters. The summed E-state index contributed by atoms with van der Waals surface area (Å²) in [4.78, 5) is 14.4. The van der Waals surface area contributed by atoms with Crippen molar-refractivity contribution in [2.24, 2.45) is 0 Å². The molecule has 2 aromatic rings. The molecular formula is C19H24N2O3S2. The molecule has 0 spiro atoms. The molecule has 26 heavy (non-hydrogen) atoms. The van der Waals surface area contributed by atoms with Gasteiger partial charge < -0.3 is 5.32 Å². The SMILES string of the molecule is CCN(CC)S(=O)(=O)c1ccc(CNC(=O)C=Cc2ccc(C)s2)cc1. The third kappa shape index (κ3) is 5.27. The van der Waals surface area contributed by atoms with E-state index in [2.05, 4.69) is 5.32 Å². The van der Waals surface area contributed by atoms with Crippen LogP contribution in [0.5, 0.6) is 0 Å². The molecule has 0 fully saturated rings. The van der Waals surface area contributed by atoms with Gasteiger partial charge in [0.2, 0.25) is 15.9 Å². The fraction of sp³-hybridized carbons (Fsp3) is 0.316. The molecule has 0 aliphatic rings. The van der Waals surface area contributed by atoms with Gasteiger partial charge in [-0.3, -0.25) is 4.79 Å². The number of aryl methyl sites for hydroxylation is 1. The molecule has 0 unspecified atom stereocenters. The third-order valence-corrected chi connectivity index (χ3v) is 6.92. The molecule has 140 valence electrons. The lowest BCUT2D eigenvalue weighted by Gasteiger charge is -2.18. The summed E-state index contributed by atoms with van der Waals surface area (Å²) in [7, 11) is -3.45. The number of amides is 1. The summed E-state index contributed by atoms with van der Waals surface area (Å²) in [5.41, 5.74) is 0.845. The van der Waals surface area contributed by atoms with Crippen LogP contribution in [0.2, 0.25) is 0 Å². The Morgan fingerprint density at radius 2 is 1.77 bits per heavy atom. The molecule has 1 heterocycles. The summed E-state index contributed by atoms with van der Waals surface area (Å²) < 4.78 is 26.3. The van der Waals surface area contributed by atoms with Gasteiger partial charge in [0, 0.05) is 35.5 Å². The molecule has 5 nitrogen and oxygen atoms in total. The number of rotatable bonds is 8. The first-order chi connectivity index (χ1) is 12.4. The first-order valence-electron chi connectivity index (χ1n) is 8.48. The molecule has 0 saturated heterocycles. The van der Waals surface area contributed by atoms with Crippen molar-refractivity contribution in [3.05, 3.63) is 57.8 Å². The Labute approximate surface area is 159 Å². The van der Waals surface area contributed by atoms with E-state index in [1.165, 1.54) is 15.3 Å². The molecular weight excluding hydrogens is 368 g/mol. The number of benzene rings is 1. The van der Waals surface area contributed by atoms with E-state index in [1.807, 2.05) is 32.9 Å². The predicted molar refractivity (Wildman–Crippen MR) is 106 cm³/mol. The van der Waals surface area contributed by atoms with Crippen LogP contribution < -0.4 is 5.32 Å². The van der Waals surface area contributed by atoms with E-state index in [1.54, 1.807) is 41.7 Å². The van der Waals surface area contributed by atoms with Crippen molar-refractivity contribution in [2.75, 3.05) is 13.1 Å². The zero-order chi connectivity index (χ0) is 19.2. The lowest BCUT2D eigenvalue weighted by Crippen LogP contribution is -2.30. The van der Waals surface area contributed by atoms with Gasteiger partial charge in [-0.1, -0.05) is 26.0 Å². The number of carbonyl (C=O) groups is 1. The third-order valence-electron chi connectivity index (χ3n) is 3.89. The number of nitrogens with zero attached hydrogens (tertiary/aromatic N) is 1. The summed E-state index contributed by atoms with van der Waals surface area (Å²) in [5.74, 6) is -0.184. The molecule has 0 radical (unpaired) electrons. The van der Waals surface area contributed by atoms with Gasteiger partial charge in [0.05, 0.1) is 4.90 Å². The average Bonchev–Trinajstić information content (AvgIpc) is 3.04. The topological polar surface area (TPSA) is 66.5 Å². The first-order valence-corrected chi connectivity index (χ1v) is 10.7. The van der Waals surface area contributed by atoms with Crippen LogP contribution in [-0.2, 0) is 21.4 Å². The molecule has 7 heteroatoms. The van der Waals surface area contributed by atoms with E-state index in [0.717, 1.165) is 10.4 Å². The van der Waals surface area contributed by atoms with Crippen molar-refractivity contribution in [3.63, 3.8) is 0 Å². The van der Waals surface area contributed by atoms with E-state index in [0.29, 0.717) is 19.6 Å². The fourth-order valence-electron chi connectivity index (χ4n) is 2.44. The Hall–Kier alpha value is -1.96. The Morgan fingerprint density at radius 3 is 2.31 bits per heavy atom. The van der Waals surface area contributed by atoms with Gasteiger partial charge in [-0.2, -0.15) is 4.31 Å². The molecule has 0 bridgehead atoms. The number of hydrogen-bond donors (Lipinski definition) is 1. The van der Waals surface area contributed by atoms with Gasteiger partial charge in [0.15, 0.2) is 0 Å². The molecule has 1 aromatic heterocycles. The first kappa shape index (κ1) is 20.4. The van der Waals surface area contributed by atoms with Crippen LogP contribution in [0.4, 0.5) is 0 Å². The summed E-state index contributed by atoms with van der Waals surface area (Å²) in [5, 5.41) is 2.80. The Bertz CT molecular complexity index is 864. The Balaban J connectivity index is 1.95. The van der Waals surface area contributed by atoms with Gasteiger partial charge in [0.1, 0.15) is 0 Å². The van der Waals surface area contributed by atoms with Crippen LogP contribution in [0.3, 0.4) is 0 Å². The van der Waals surface area contributed by atoms with E-state index in [-0.39, 0.29) is 10.8 Å². The van der Waals surface area contributed by atoms with E-state index in [4.69, 9.17) is 0 Å². The zero-order valence-electron chi connectivity index (χ0n) is 15.2. The Kier molecular flexibility index (Phi) is 7.14. The number of sulfonamides is 1. The van der Waals surface area contributed by atoms with E-state index < -0.39 is 10.0 Å². The quantitative estimate of drug-likeness (QED) is 0.700. The maximum absolute atomic E-state index is 12.4.